The second kappa shape index (κ2) is 2.68. The molecule has 0 atom stereocenters. The second-order valence-electron chi connectivity index (χ2n) is 1.44. The third-order valence-corrected chi connectivity index (χ3v) is 0.740. The maximum Gasteiger partial charge on any atom is 0.402 e. The number of rotatable bonds is 3. The number of carbonyl (C=O) groups is 2. The Labute approximate surface area is 53.4 Å². The summed E-state index contributed by atoms with van der Waals surface area (Å²) >= 11 is 0. The number of carboxylic acid groups (broad SMARTS) is 1. The smallest absolute Gasteiger partial charge is 0.402 e. The minimum absolute atomic E-state index is 1.97. The highest BCUT2D eigenvalue weighted by Gasteiger charge is 2.46. The van der Waals surface area contributed by atoms with Crippen LogP contribution in [0.5, 0.6) is 0 Å². The summed E-state index contributed by atoms with van der Waals surface area (Å²) < 4.78 is 34.7. The number of Topliss-reactive ketones (excluding diaryl/α,β-unsaturated/α-hetero) is 1. The molecule has 6 heteroatoms. The van der Waals surface area contributed by atoms with Crippen LogP contribution in [0.4, 0.5) is 13.2 Å². The van der Waals surface area contributed by atoms with Crippen molar-refractivity contribution in [1.29, 1.82) is 0 Å². The Morgan fingerprint density at radius 3 is 1.90 bits per heavy atom. The van der Waals surface area contributed by atoms with Gasteiger partial charge in [-0.05, 0) is 0 Å². The molecule has 0 spiro atoms. The molecule has 3 nitrogen and oxygen atoms in total. The van der Waals surface area contributed by atoms with E-state index in [1.807, 2.05) is 0 Å². The summed E-state index contributed by atoms with van der Waals surface area (Å²) in [5.74, 6) is -9.45. The number of ketones is 1. The topological polar surface area (TPSA) is 54.4 Å². The van der Waals surface area contributed by atoms with E-state index < -0.39 is 24.3 Å². The molecule has 0 bridgehead atoms. The molecule has 0 saturated carbocycles. The van der Waals surface area contributed by atoms with E-state index in [4.69, 9.17) is 5.11 Å². The van der Waals surface area contributed by atoms with E-state index in [0.29, 0.717) is 0 Å². The molecule has 0 radical (unpaired) electrons. The lowest BCUT2D eigenvalue weighted by atomic mass is 10.2. The van der Waals surface area contributed by atoms with Crippen LogP contribution in [-0.2, 0) is 9.59 Å². The Balaban J connectivity index is 4.40. The quantitative estimate of drug-likeness (QED) is 0.595. The molecule has 0 rings (SSSR count). The van der Waals surface area contributed by atoms with Crippen LogP contribution in [0.3, 0.4) is 0 Å². The monoisotopic (exact) mass is 156 g/mol. The normalized spacial score (nSPS) is 11.1. The van der Waals surface area contributed by atoms with E-state index >= 15 is 0 Å². The van der Waals surface area contributed by atoms with Crippen LogP contribution in [0.2, 0.25) is 0 Å². The largest absolute Gasteiger partial charge is 0.476 e. The van der Waals surface area contributed by atoms with Crippen LogP contribution in [0.1, 0.15) is 0 Å². The predicted octanol–water partition coefficient (Wildman–Crippen LogP) is 0.245. The molecule has 58 valence electrons. The van der Waals surface area contributed by atoms with Crippen molar-refractivity contribution in [2.75, 3.05) is 6.67 Å². The van der Waals surface area contributed by atoms with Crippen LogP contribution in [0.15, 0.2) is 0 Å². The summed E-state index contributed by atoms with van der Waals surface area (Å²) in [7, 11) is 0. The Morgan fingerprint density at radius 1 is 1.40 bits per heavy atom. The highest BCUT2D eigenvalue weighted by molar-refractivity contribution is 6.04. The first-order valence-electron chi connectivity index (χ1n) is 2.13. The first kappa shape index (κ1) is 8.93. The molecule has 0 aliphatic rings. The Kier molecular flexibility index (Phi) is 2.39. The third kappa shape index (κ3) is 1.46. The molecule has 0 unspecified atom stereocenters. The number of halogens is 3. The number of alkyl halides is 3. The van der Waals surface area contributed by atoms with E-state index in [1.165, 1.54) is 0 Å². The van der Waals surface area contributed by atoms with Crippen LogP contribution in [-0.4, -0.2) is 29.5 Å². The average molecular weight is 156 g/mol. The van der Waals surface area contributed by atoms with Gasteiger partial charge >= 0.3 is 11.9 Å². The minimum Gasteiger partial charge on any atom is -0.476 e. The van der Waals surface area contributed by atoms with Crippen molar-refractivity contribution >= 4 is 11.8 Å². The zero-order chi connectivity index (χ0) is 8.36. The van der Waals surface area contributed by atoms with Crippen molar-refractivity contribution < 1.29 is 27.9 Å². The van der Waals surface area contributed by atoms with Gasteiger partial charge in [0.2, 0.25) is 5.78 Å². The molecule has 0 aliphatic carbocycles. The summed E-state index contributed by atoms with van der Waals surface area (Å²) in [6.07, 6.45) is 0. The van der Waals surface area contributed by atoms with Gasteiger partial charge in [0, 0.05) is 0 Å². The zero-order valence-electron chi connectivity index (χ0n) is 4.60. The van der Waals surface area contributed by atoms with E-state index in [2.05, 4.69) is 0 Å². The van der Waals surface area contributed by atoms with Gasteiger partial charge < -0.3 is 5.11 Å². The predicted molar refractivity (Wildman–Crippen MR) is 23.6 cm³/mol. The lowest BCUT2D eigenvalue weighted by Gasteiger charge is -2.05. The lowest BCUT2D eigenvalue weighted by molar-refractivity contribution is -0.171. The molecular weight excluding hydrogens is 153 g/mol. The van der Waals surface area contributed by atoms with Gasteiger partial charge in [-0.25, -0.2) is 9.18 Å². The van der Waals surface area contributed by atoms with E-state index in [-0.39, 0.29) is 0 Å². The molecule has 1 N–H and O–H groups in total. The summed E-state index contributed by atoms with van der Waals surface area (Å²) in [5.41, 5.74) is 0. The van der Waals surface area contributed by atoms with Gasteiger partial charge in [0.05, 0.1) is 0 Å². The Bertz CT molecular complexity index is 165. The van der Waals surface area contributed by atoms with Crippen LogP contribution >= 0.6 is 0 Å². The standard InChI is InChI=1S/C4H3F3O3/c5-1-2(8)4(6,7)3(9)10/h1H2,(H,9,10). The van der Waals surface area contributed by atoms with Crippen molar-refractivity contribution in [3.8, 4) is 0 Å². The van der Waals surface area contributed by atoms with Crippen LogP contribution in [0.25, 0.3) is 0 Å². The van der Waals surface area contributed by atoms with Crippen molar-refractivity contribution in [2.24, 2.45) is 0 Å². The van der Waals surface area contributed by atoms with Gasteiger partial charge in [-0.1, -0.05) is 0 Å². The molecule has 0 fully saturated rings. The van der Waals surface area contributed by atoms with E-state index in [0.717, 1.165) is 0 Å². The summed E-state index contributed by atoms with van der Waals surface area (Å²) in [5, 5.41) is 7.61. The molecule has 0 saturated heterocycles. The fourth-order valence-electron chi connectivity index (χ4n) is 0.203. The fourth-order valence-corrected chi connectivity index (χ4v) is 0.203. The first-order chi connectivity index (χ1) is 4.42. The number of carbonyl (C=O) groups excluding carboxylic acids is 1. The fraction of sp³-hybridized carbons (Fsp3) is 0.500. The third-order valence-electron chi connectivity index (χ3n) is 0.740. The highest BCUT2D eigenvalue weighted by atomic mass is 19.3. The number of hydrogen-bond donors (Lipinski definition) is 1. The van der Waals surface area contributed by atoms with Gasteiger partial charge in [-0.15, -0.1) is 0 Å². The summed E-state index contributed by atoms with van der Waals surface area (Å²) in [6.45, 7) is -1.97. The van der Waals surface area contributed by atoms with Crippen LogP contribution in [0, 0.1) is 0 Å². The highest BCUT2D eigenvalue weighted by Crippen LogP contribution is 2.14. The SMILES string of the molecule is O=C(O)C(F)(F)C(=O)CF. The van der Waals surface area contributed by atoms with Crippen molar-refractivity contribution in [3.05, 3.63) is 0 Å². The molecule has 0 aliphatic heterocycles. The molecule has 0 heterocycles. The summed E-state index contributed by atoms with van der Waals surface area (Å²) in [4.78, 5) is 19.3. The maximum atomic E-state index is 11.8. The number of hydrogen-bond acceptors (Lipinski definition) is 2. The van der Waals surface area contributed by atoms with E-state index in [1.54, 1.807) is 0 Å². The first-order valence-corrected chi connectivity index (χ1v) is 2.13. The van der Waals surface area contributed by atoms with Gasteiger partial charge in [-0.2, -0.15) is 8.78 Å². The van der Waals surface area contributed by atoms with Crippen molar-refractivity contribution in [2.45, 2.75) is 5.92 Å². The Morgan fingerprint density at radius 2 is 1.80 bits per heavy atom. The Hall–Kier alpha value is -1.07. The van der Waals surface area contributed by atoms with Gasteiger partial charge in [0.15, 0.2) is 6.67 Å². The molecule has 10 heavy (non-hydrogen) atoms. The number of carboxylic acids is 1. The van der Waals surface area contributed by atoms with Gasteiger partial charge in [0.25, 0.3) is 0 Å². The molecule has 0 amide bonds. The number of aliphatic carboxylic acids is 1. The van der Waals surface area contributed by atoms with Crippen LogP contribution < -0.4 is 0 Å². The minimum atomic E-state index is -4.59. The van der Waals surface area contributed by atoms with Crippen molar-refractivity contribution in [3.63, 3.8) is 0 Å². The van der Waals surface area contributed by atoms with Gasteiger partial charge in [-0.3, -0.25) is 4.79 Å². The van der Waals surface area contributed by atoms with Gasteiger partial charge in [0.1, 0.15) is 0 Å². The molecular formula is C4H3F3O3. The van der Waals surface area contributed by atoms with Crippen molar-refractivity contribution in [1.82, 2.24) is 0 Å². The molecule has 0 aromatic heterocycles. The summed E-state index contributed by atoms with van der Waals surface area (Å²) in [6, 6.07) is 0. The average Bonchev–Trinajstić information content (AvgIpc) is 1.86. The second-order valence-corrected chi connectivity index (χ2v) is 1.44. The zero-order valence-corrected chi connectivity index (χ0v) is 4.60. The van der Waals surface area contributed by atoms with E-state index in [9.17, 15) is 22.8 Å². The molecule has 0 aromatic carbocycles. The molecule has 0 aromatic rings. The maximum absolute atomic E-state index is 11.8. The lowest BCUT2D eigenvalue weighted by Crippen LogP contribution is -2.38.